The zero-order valence-electron chi connectivity index (χ0n) is 13.8. The summed E-state index contributed by atoms with van der Waals surface area (Å²) >= 11 is 0. The van der Waals surface area contributed by atoms with Gasteiger partial charge in [-0.2, -0.15) is 0 Å². The van der Waals surface area contributed by atoms with Crippen LogP contribution in [0.25, 0.3) is 16.7 Å². The molecule has 3 nitrogen and oxygen atoms in total. The first-order chi connectivity index (χ1) is 11.2. The number of aryl methyl sites for hydroxylation is 2. The highest BCUT2D eigenvalue weighted by molar-refractivity contribution is 5.80. The van der Waals surface area contributed by atoms with Crippen LogP contribution in [0.4, 0.5) is 0 Å². The predicted octanol–water partition coefficient (Wildman–Crippen LogP) is 4.89. The van der Waals surface area contributed by atoms with Crippen molar-refractivity contribution in [2.75, 3.05) is 0 Å². The zero-order chi connectivity index (χ0) is 15.8. The molecule has 3 aromatic rings. The molecule has 3 heteroatoms. The van der Waals surface area contributed by atoms with E-state index in [0.717, 1.165) is 22.6 Å². The van der Waals surface area contributed by atoms with E-state index in [-0.39, 0.29) is 0 Å². The van der Waals surface area contributed by atoms with E-state index in [1.807, 2.05) is 12.1 Å². The summed E-state index contributed by atoms with van der Waals surface area (Å²) < 4.78 is 2.34. The van der Waals surface area contributed by atoms with E-state index in [1.165, 1.54) is 43.4 Å². The average molecular weight is 304 g/mol. The summed E-state index contributed by atoms with van der Waals surface area (Å²) in [5.74, 6) is 1.76. The van der Waals surface area contributed by atoms with Gasteiger partial charge in [0, 0.05) is 17.3 Å². The predicted molar refractivity (Wildman–Crippen MR) is 93.0 cm³/mol. The number of benzene rings is 1. The Morgan fingerprint density at radius 1 is 1.13 bits per heavy atom. The highest BCUT2D eigenvalue weighted by Gasteiger charge is 2.24. The summed E-state index contributed by atoms with van der Waals surface area (Å²) in [7, 11) is 0. The molecule has 4 rings (SSSR count). The summed E-state index contributed by atoms with van der Waals surface area (Å²) in [5.41, 5.74) is 5.44. The highest BCUT2D eigenvalue weighted by atomic mass is 15.1. The maximum absolute atomic E-state index is 5.04. The van der Waals surface area contributed by atoms with E-state index in [1.54, 1.807) is 0 Å². The Hall–Kier alpha value is -2.16. The third-order valence-corrected chi connectivity index (χ3v) is 4.89. The number of rotatable bonds is 2. The van der Waals surface area contributed by atoms with Crippen molar-refractivity contribution in [3.63, 3.8) is 0 Å². The van der Waals surface area contributed by atoms with Crippen LogP contribution in [0.5, 0.6) is 0 Å². The smallest absolute Gasteiger partial charge is 0.117 e. The van der Waals surface area contributed by atoms with Crippen molar-refractivity contribution in [3.05, 3.63) is 53.6 Å². The molecule has 2 heterocycles. The summed E-state index contributed by atoms with van der Waals surface area (Å²) in [6.07, 6.45) is 6.46. The molecule has 0 bridgehead atoms. The van der Waals surface area contributed by atoms with E-state index in [4.69, 9.17) is 4.98 Å². The Bertz CT molecular complexity index is 827. The molecule has 0 amide bonds. The van der Waals surface area contributed by atoms with Gasteiger partial charge in [0.15, 0.2) is 0 Å². The molecule has 0 spiro atoms. The van der Waals surface area contributed by atoms with Gasteiger partial charge in [-0.05, 0) is 51.0 Å². The van der Waals surface area contributed by atoms with Gasteiger partial charge in [-0.3, -0.25) is 9.55 Å². The van der Waals surface area contributed by atoms with Crippen LogP contribution >= 0.6 is 0 Å². The fraction of sp³-hybridized carbons (Fsp3) is 0.400. The quantitative estimate of drug-likeness (QED) is 0.675. The molecule has 117 valence electrons. The fourth-order valence-electron chi connectivity index (χ4n) is 3.83. The molecular weight excluding hydrogens is 282 g/mol. The molecule has 2 aromatic heterocycles. The fourth-order valence-corrected chi connectivity index (χ4v) is 3.83. The summed E-state index contributed by atoms with van der Waals surface area (Å²) in [5, 5.41) is 0. The minimum absolute atomic E-state index is 0.552. The maximum atomic E-state index is 5.04. The minimum Gasteiger partial charge on any atom is -0.296 e. The molecule has 1 fully saturated rings. The van der Waals surface area contributed by atoms with Crippen LogP contribution in [0.2, 0.25) is 0 Å². The molecule has 0 N–H and O–H groups in total. The largest absolute Gasteiger partial charge is 0.296 e. The topological polar surface area (TPSA) is 30.7 Å². The molecule has 0 aliphatic heterocycles. The Kier molecular flexibility index (Phi) is 3.64. The summed E-state index contributed by atoms with van der Waals surface area (Å²) in [4.78, 5) is 9.65. The van der Waals surface area contributed by atoms with Crippen LogP contribution in [0.3, 0.4) is 0 Å². The lowest BCUT2D eigenvalue weighted by Crippen LogP contribution is -2.11. The second kappa shape index (κ2) is 5.80. The van der Waals surface area contributed by atoms with Crippen LogP contribution in [0.1, 0.15) is 55.2 Å². The Morgan fingerprint density at radius 3 is 2.70 bits per heavy atom. The SMILES string of the molecule is Cc1cc2c(nc(C3CCCCC3)n2-c2c[c]ccc2)c(C)n1. The first-order valence-corrected chi connectivity index (χ1v) is 8.57. The Balaban J connectivity index is 1.99. The number of aromatic nitrogens is 3. The lowest BCUT2D eigenvalue weighted by atomic mass is 9.88. The van der Waals surface area contributed by atoms with Gasteiger partial charge < -0.3 is 0 Å². The maximum Gasteiger partial charge on any atom is 0.117 e. The third-order valence-electron chi connectivity index (χ3n) is 4.89. The lowest BCUT2D eigenvalue weighted by Gasteiger charge is -2.22. The second-order valence-electron chi connectivity index (χ2n) is 6.62. The Labute approximate surface area is 137 Å². The zero-order valence-corrected chi connectivity index (χ0v) is 13.8. The van der Waals surface area contributed by atoms with Crippen molar-refractivity contribution >= 4 is 11.0 Å². The van der Waals surface area contributed by atoms with Gasteiger partial charge in [0.2, 0.25) is 0 Å². The molecule has 0 atom stereocenters. The molecule has 1 aromatic carbocycles. The summed E-state index contributed by atoms with van der Waals surface area (Å²) in [6, 6.07) is 13.6. The van der Waals surface area contributed by atoms with Crippen LogP contribution in [0.15, 0.2) is 30.3 Å². The van der Waals surface area contributed by atoms with E-state index in [0.29, 0.717) is 5.92 Å². The molecule has 0 unspecified atom stereocenters. The molecular formula is C20H22N3. The number of fused-ring (bicyclic) bond motifs is 1. The average Bonchev–Trinajstić information content (AvgIpc) is 2.96. The van der Waals surface area contributed by atoms with Crippen LogP contribution in [-0.2, 0) is 0 Å². The van der Waals surface area contributed by atoms with Crippen molar-refractivity contribution in [3.8, 4) is 5.69 Å². The van der Waals surface area contributed by atoms with Gasteiger partial charge in [0.05, 0.1) is 11.2 Å². The highest BCUT2D eigenvalue weighted by Crippen LogP contribution is 2.36. The van der Waals surface area contributed by atoms with E-state index in [2.05, 4.69) is 47.7 Å². The van der Waals surface area contributed by atoms with Gasteiger partial charge in [0.1, 0.15) is 11.3 Å². The number of imidazole rings is 1. The molecule has 23 heavy (non-hydrogen) atoms. The normalized spacial score (nSPS) is 16.1. The van der Waals surface area contributed by atoms with Crippen LogP contribution in [-0.4, -0.2) is 14.5 Å². The van der Waals surface area contributed by atoms with Gasteiger partial charge in [-0.1, -0.05) is 31.4 Å². The lowest BCUT2D eigenvalue weighted by molar-refractivity contribution is 0.426. The van der Waals surface area contributed by atoms with Crippen molar-refractivity contribution in [2.24, 2.45) is 0 Å². The Morgan fingerprint density at radius 2 is 1.96 bits per heavy atom. The molecule has 1 aliphatic carbocycles. The number of hydrogen-bond donors (Lipinski definition) is 0. The second-order valence-corrected chi connectivity index (χ2v) is 6.62. The molecule has 0 saturated heterocycles. The molecule has 1 saturated carbocycles. The van der Waals surface area contributed by atoms with Crippen LogP contribution < -0.4 is 0 Å². The van der Waals surface area contributed by atoms with Crippen molar-refractivity contribution in [1.29, 1.82) is 0 Å². The number of hydrogen-bond acceptors (Lipinski definition) is 2. The van der Waals surface area contributed by atoms with Gasteiger partial charge in [-0.25, -0.2) is 4.98 Å². The minimum atomic E-state index is 0.552. The summed E-state index contributed by atoms with van der Waals surface area (Å²) in [6.45, 7) is 4.12. The van der Waals surface area contributed by atoms with Crippen molar-refractivity contribution in [1.82, 2.24) is 14.5 Å². The van der Waals surface area contributed by atoms with Gasteiger partial charge in [0.25, 0.3) is 0 Å². The molecule has 1 aliphatic rings. The van der Waals surface area contributed by atoms with Gasteiger partial charge >= 0.3 is 0 Å². The van der Waals surface area contributed by atoms with E-state index in [9.17, 15) is 0 Å². The van der Waals surface area contributed by atoms with E-state index >= 15 is 0 Å². The number of nitrogens with zero attached hydrogens (tertiary/aromatic N) is 3. The standard InChI is InChI=1S/C20H22N3/c1-14-13-18-19(15(2)21-14)22-20(16-9-5-3-6-10-16)23(18)17-11-7-4-8-12-17/h4,7,11-13,16H,3,5-6,9-10H2,1-2H3. The van der Waals surface area contributed by atoms with Crippen LogP contribution in [0, 0.1) is 19.9 Å². The van der Waals surface area contributed by atoms with Crippen molar-refractivity contribution in [2.45, 2.75) is 51.9 Å². The monoisotopic (exact) mass is 304 g/mol. The molecule has 1 radical (unpaired) electrons. The van der Waals surface area contributed by atoms with Crippen molar-refractivity contribution < 1.29 is 0 Å². The number of pyridine rings is 1. The van der Waals surface area contributed by atoms with Gasteiger partial charge in [-0.15, -0.1) is 0 Å². The first kappa shape index (κ1) is 14.4. The van der Waals surface area contributed by atoms with E-state index < -0.39 is 0 Å². The third kappa shape index (κ3) is 2.54. The first-order valence-electron chi connectivity index (χ1n) is 8.57.